The van der Waals surface area contributed by atoms with Gasteiger partial charge >= 0.3 is 0 Å². The van der Waals surface area contributed by atoms with Gasteiger partial charge in [-0.25, -0.2) is 0 Å². The summed E-state index contributed by atoms with van der Waals surface area (Å²) in [6.07, 6.45) is 12.9. The fraction of sp³-hybridized carbons (Fsp3) is 0.133. The molecule has 17 heavy (non-hydrogen) atoms. The van der Waals surface area contributed by atoms with Crippen LogP contribution in [-0.2, 0) is 0 Å². The molecule has 0 aromatic heterocycles. The van der Waals surface area contributed by atoms with Crippen LogP contribution in [0.3, 0.4) is 0 Å². The van der Waals surface area contributed by atoms with Crippen molar-refractivity contribution in [2.24, 2.45) is 10.9 Å². The lowest BCUT2D eigenvalue weighted by atomic mass is 9.91. The average molecular weight is 286 g/mol. The highest BCUT2D eigenvalue weighted by Crippen LogP contribution is 2.23. The second-order valence-electron chi connectivity index (χ2n) is 4.22. The number of benzene rings is 1. The molecule has 2 aliphatic rings. The predicted molar refractivity (Wildman–Crippen MR) is 75.4 cm³/mol. The van der Waals surface area contributed by atoms with Crippen LogP contribution in [0.2, 0.25) is 0 Å². The zero-order valence-corrected chi connectivity index (χ0v) is 10.8. The lowest BCUT2D eigenvalue weighted by Gasteiger charge is -2.22. The molecule has 2 heteroatoms. The van der Waals surface area contributed by atoms with Crippen LogP contribution in [0.5, 0.6) is 0 Å². The van der Waals surface area contributed by atoms with E-state index in [1.807, 2.05) is 12.1 Å². The summed E-state index contributed by atoms with van der Waals surface area (Å²) >= 11 is 3.49. The van der Waals surface area contributed by atoms with Gasteiger partial charge in [0.25, 0.3) is 0 Å². The fourth-order valence-corrected chi connectivity index (χ4v) is 2.54. The Bertz CT molecular complexity index is 552. The Hall–Kier alpha value is -1.41. The molecule has 0 N–H and O–H groups in total. The molecule has 0 bridgehead atoms. The van der Waals surface area contributed by atoms with Gasteiger partial charge in [0.05, 0.1) is 11.8 Å². The number of nitrogens with zero attached hydrogens (tertiary/aromatic N) is 1. The first-order valence-electron chi connectivity index (χ1n) is 5.70. The molecule has 0 radical (unpaired) electrons. The van der Waals surface area contributed by atoms with Gasteiger partial charge in [-0.2, -0.15) is 0 Å². The van der Waals surface area contributed by atoms with Crippen LogP contribution in [0.1, 0.15) is 5.56 Å². The molecule has 0 amide bonds. The van der Waals surface area contributed by atoms with Crippen molar-refractivity contribution < 1.29 is 0 Å². The van der Waals surface area contributed by atoms with Crippen molar-refractivity contribution >= 4 is 21.6 Å². The minimum atomic E-state index is 0.263. The third-order valence-electron chi connectivity index (χ3n) is 3.03. The van der Waals surface area contributed by atoms with Gasteiger partial charge in [-0.05, 0) is 18.2 Å². The second-order valence-corrected chi connectivity index (χ2v) is 5.14. The van der Waals surface area contributed by atoms with E-state index >= 15 is 0 Å². The molecule has 1 heterocycles. The first-order valence-corrected chi connectivity index (χ1v) is 6.49. The van der Waals surface area contributed by atoms with Crippen molar-refractivity contribution in [2.75, 3.05) is 0 Å². The SMILES string of the molecule is Brc1cccc(C2=NC3C=CC=C[C@@H]3C=C2)c1. The molecule has 84 valence electrons. The molecule has 1 aliphatic heterocycles. The summed E-state index contributed by atoms with van der Waals surface area (Å²) in [5.41, 5.74) is 2.23. The molecule has 1 unspecified atom stereocenters. The molecule has 0 spiro atoms. The normalized spacial score (nSPS) is 25.6. The molecule has 1 aliphatic carbocycles. The summed E-state index contributed by atoms with van der Waals surface area (Å²) in [5, 5.41) is 0. The molecule has 1 aromatic carbocycles. The van der Waals surface area contributed by atoms with Gasteiger partial charge in [0.15, 0.2) is 0 Å². The zero-order valence-electron chi connectivity index (χ0n) is 9.25. The third-order valence-corrected chi connectivity index (χ3v) is 3.53. The Morgan fingerprint density at radius 2 is 1.94 bits per heavy atom. The van der Waals surface area contributed by atoms with E-state index < -0.39 is 0 Å². The maximum absolute atomic E-state index is 4.79. The lowest BCUT2D eigenvalue weighted by molar-refractivity contribution is 0.680. The van der Waals surface area contributed by atoms with Crippen LogP contribution >= 0.6 is 15.9 Å². The maximum atomic E-state index is 4.79. The van der Waals surface area contributed by atoms with Gasteiger partial charge in [-0.1, -0.05) is 58.4 Å². The smallest absolute Gasteiger partial charge is 0.0787 e. The van der Waals surface area contributed by atoms with Crippen LogP contribution in [-0.4, -0.2) is 11.8 Å². The molecule has 0 saturated heterocycles. The first-order chi connectivity index (χ1) is 8.33. The highest BCUT2D eigenvalue weighted by Gasteiger charge is 2.19. The van der Waals surface area contributed by atoms with Crippen LogP contribution in [0.25, 0.3) is 0 Å². The summed E-state index contributed by atoms with van der Waals surface area (Å²) < 4.78 is 1.09. The van der Waals surface area contributed by atoms with Crippen molar-refractivity contribution in [3.05, 3.63) is 70.8 Å². The van der Waals surface area contributed by atoms with Crippen molar-refractivity contribution in [3.63, 3.8) is 0 Å². The maximum Gasteiger partial charge on any atom is 0.0787 e. The first kappa shape index (κ1) is 10.7. The van der Waals surface area contributed by atoms with Crippen LogP contribution in [0, 0.1) is 5.92 Å². The number of halogens is 1. The predicted octanol–water partition coefficient (Wildman–Crippen LogP) is 3.92. The van der Waals surface area contributed by atoms with Crippen LogP contribution in [0.4, 0.5) is 0 Å². The van der Waals surface area contributed by atoms with E-state index in [4.69, 9.17) is 4.99 Å². The highest BCUT2D eigenvalue weighted by molar-refractivity contribution is 9.10. The van der Waals surface area contributed by atoms with Gasteiger partial charge in [-0.3, -0.25) is 4.99 Å². The number of hydrogen-bond donors (Lipinski definition) is 0. The van der Waals surface area contributed by atoms with Crippen LogP contribution < -0.4 is 0 Å². The van der Waals surface area contributed by atoms with Gasteiger partial charge in [0.2, 0.25) is 0 Å². The van der Waals surface area contributed by atoms with Crippen LogP contribution in [0.15, 0.2) is 70.2 Å². The van der Waals surface area contributed by atoms with Crippen molar-refractivity contribution in [3.8, 4) is 0 Å². The fourth-order valence-electron chi connectivity index (χ4n) is 2.14. The molecule has 2 atom stereocenters. The summed E-state index contributed by atoms with van der Waals surface area (Å²) in [6, 6.07) is 8.53. The lowest BCUT2D eigenvalue weighted by Crippen LogP contribution is -2.20. The Kier molecular flexibility index (Phi) is 2.81. The van der Waals surface area contributed by atoms with Crippen molar-refractivity contribution in [1.82, 2.24) is 0 Å². The number of rotatable bonds is 1. The topological polar surface area (TPSA) is 12.4 Å². The molecule has 1 nitrogen and oxygen atoms in total. The average Bonchev–Trinajstić information content (AvgIpc) is 2.38. The van der Waals surface area contributed by atoms with E-state index in [-0.39, 0.29) is 6.04 Å². The summed E-state index contributed by atoms with van der Waals surface area (Å²) in [7, 11) is 0. The highest BCUT2D eigenvalue weighted by atomic mass is 79.9. The van der Waals surface area contributed by atoms with E-state index in [0.29, 0.717) is 5.92 Å². The number of dihydropyridines is 1. The molecular formula is C15H12BrN. The van der Waals surface area contributed by atoms with Gasteiger partial charge in [-0.15, -0.1) is 0 Å². The zero-order chi connectivity index (χ0) is 11.7. The van der Waals surface area contributed by atoms with E-state index in [0.717, 1.165) is 15.7 Å². The molecule has 0 saturated carbocycles. The summed E-state index contributed by atoms with van der Waals surface area (Å²) in [4.78, 5) is 4.79. The van der Waals surface area contributed by atoms with E-state index in [2.05, 4.69) is 64.5 Å². The third kappa shape index (κ3) is 2.18. The number of aliphatic imine (C=N–C) groups is 1. The monoisotopic (exact) mass is 285 g/mol. The second kappa shape index (κ2) is 4.46. The van der Waals surface area contributed by atoms with Gasteiger partial charge in [0, 0.05) is 16.0 Å². The Morgan fingerprint density at radius 1 is 1.06 bits per heavy atom. The Morgan fingerprint density at radius 3 is 2.82 bits per heavy atom. The number of allylic oxidation sites excluding steroid dienone is 3. The summed E-state index contributed by atoms with van der Waals surface area (Å²) in [6.45, 7) is 0. The largest absolute Gasteiger partial charge is 0.276 e. The van der Waals surface area contributed by atoms with Crippen molar-refractivity contribution in [2.45, 2.75) is 6.04 Å². The number of fused-ring (bicyclic) bond motifs is 1. The number of hydrogen-bond acceptors (Lipinski definition) is 1. The Balaban J connectivity index is 1.95. The quantitative estimate of drug-likeness (QED) is 0.742. The van der Waals surface area contributed by atoms with Gasteiger partial charge < -0.3 is 0 Å². The minimum absolute atomic E-state index is 0.263. The van der Waals surface area contributed by atoms with E-state index in [1.54, 1.807) is 0 Å². The van der Waals surface area contributed by atoms with Crippen molar-refractivity contribution in [1.29, 1.82) is 0 Å². The molecule has 0 fully saturated rings. The van der Waals surface area contributed by atoms with E-state index in [9.17, 15) is 0 Å². The minimum Gasteiger partial charge on any atom is -0.276 e. The standard InChI is InChI=1S/C15H12BrN/c16-13-6-3-5-12(10-13)15-9-8-11-4-1-2-7-14(11)17-15/h1-11,14H/t11-,14?/m1/s1. The van der Waals surface area contributed by atoms with Gasteiger partial charge in [0.1, 0.15) is 0 Å². The molecular weight excluding hydrogens is 274 g/mol. The summed E-state index contributed by atoms with van der Waals surface area (Å²) in [5.74, 6) is 0.427. The molecule has 3 rings (SSSR count). The Labute approximate surface area is 109 Å². The molecule has 1 aromatic rings. The van der Waals surface area contributed by atoms with E-state index in [1.165, 1.54) is 0 Å².